The van der Waals surface area contributed by atoms with Gasteiger partial charge in [-0.05, 0) is 22.3 Å². The van der Waals surface area contributed by atoms with E-state index in [1.165, 1.54) is 0 Å². The zero-order valence-electron chi connectivity index (χ0n) is 11.9. The molecule has 1 aliphatic heterocycles. The normalized spacial score (nSPS) is 22.6. The first-order valence-electron chi connectivity index (χ1n) is 7.23. The molecule has 2 nitrogen and oxygen atoms in total. The Morgan fingerprint density at radius 3 is 1.62 bits per heavy atom. The molecule has 1 fully saturated rings. The first-order chi connectivity index (χ1) is 10.3. The topological polar surface area (TPSA) is 32.3 Å². The largest absolute Gasteiger partial charge is 0.384 e. The molecule has 0 unspecified atom stereocenters. The Bertz CT molecular complexity index is 586. The van der Waals surface area contributed by atoms with Crippen molar-refractivity contribution in [3.63, 3.8) is 0 Å². The Kier molecular flexibility index (Phi) is 4.29. The SMILES string of the molecule is OC1/C(=C\c2ccccc2)CNC/C1=C/c1ccccc1. The van der Waals surface area contributed by atoms with Gasteiger partial charge in [0.05, 0.1) is 6.10 Å². The van der Waals surface area contributed by atoms with Gasteiger partial charge in [-0.1, -0.05) is 72.8 Å². The summed E-state index contributed by atoms with van der Waals surface area (Å²) in [5.41, 5.74) is 4.26. The molecule has 0 aromatic heterocycles. The van der Waals surface area contributed by atoms with Gasteiger partial charge in [-0.25, -0.2) is 0 Å². The highest BCUT2D eigenvalue weighted by Crippen LogP contribution is 2.21. The number of hydrogen-bond acceptors (Lipinski definition) is 2. The van der Waals surface area contributed by atoms with E-state index >= 15 is 0 Å². The van der Waals surface area contributed by atoms with Crippen molar-refractivity contribution in [3.05, 3.63) is 82.9 Å². The minimum atomic E-state index is -0.508. The first kappa shape index (κ1) is 13.8. The molecule has 2 N–H and O–H groups in total. The number of rotatable bonds is 2. The highest BCUT2D eigenvalue weighted by Gasteiger charge is 2.20. The van der Waals surface area contributed by atoms with Crippen molar-refractivity contribution in [2.24, 2.45) is 0 Å². The Morgan fingerprint density at radius 1 is 0.762 bits per heavy atom. The van der Waals surface area contributed by atoms with Crippen LogP contribution in [0.1, 0.15) is 11.1 Å². The molecule has 0 spiro atoms. The highest BCUT2D eigenvalue weighted by molar-refractivity contribution is 5.61. The van der Waals surface area contributed by atoms with E-state index in [0.29, 0.717) is 0 Å². The second kappa shape index (κ2) is 6.53. The second-order valence-corrected chi connectivity index (χ2v) is 5.27. The molecule has 106 valence electrons. The van der Waals surface area contributed by atoms with Gasteiger partial charge in [0.25, 0.3) is 0 Å². The number of nitrogens with one attached hydrogen (secondary N) is 1. The summed E-state index contributed by atoms with van der Waals surface area (Å²) < 4.78 is 0. The predicted molar refractivity (Wildman–Crippen MR) is 87.7 cm³/mol. The van der Waals surface area contributed by atoms with Gasteiger partial charge in [0.15, 0.2) is 0 Å². The first-order valence-corrected chi connectivity index (χ1v) is 7.23. The summed E-state index contributed by atoms with van der Waals surface area (Å²) in [6.07, 6.45) is 3.62. The van der Waals surface area contributed by atoms with Gasteiger partial charge in [-0.15, -0.1) is 0 Å². The smallest absolute Gasteiger partial charge is 0.0992 e. The molecule has 0 amide bonds. The molecule has 1 saturated heterocycles. The zero-order valence-corrected chi connectivity index (χ0v) is 11.9. The van der Waals surface area contributed by atoms with E-state index in [-0.39, 0.29) is 0 Å². The summed E-state index contributed by atoms with van der Waals surface area (Å²) in [4.78, 5) is 0. The van der Waals surface area contributed by atoms with E-state index < -0.39 is 6.10 Å². The van der Waals surface area contributed by atoms with Crippen LogP contribution in [0.2, 0.25) is 0 Å². The fourth-order valence-corrected chi connectivity index (χ4v) is 2.57. The highest BCUT2D eigenvalue weighted by atomic mass is 16.3. The third kappa shape index (κ3) is 3.48. The molecule has 1 aliphatic rings. The minimum Gasteiger partial charge on any atom is -0.384 e. The molecule has 0 radical (unpaired) electrons. The molecule has 2 aromatic rings. The third-order valence-corrected chi connectivity index (χ3v) is 3.66. The Labute approximate surface area is 125 Å². The van der Waals surface area contributed by atoms with E-state index in [4.69, 9.17) is 0 Å². The number of hydrogen-bond donors (Lipinski definition) is 2. The predicted octanol–water partition coefficient (Wildman–Crippen LogP) is 3.12. The second-order valence-electron chi connectivity index (χ2n) is 5.27. The van der Waals surface area contributed by atoms with Crippen LogP contribution in [0.15, 0.2) is 71.8 Å². The number of benzene rings is 2. The maximum atomic E-state index is 10.6. The van der Waals surface area contributed by atoms with Gasteiger partial charge in [-0.3, -0.25) is 0 Å². The average Bonchev–Trinajstić information content (AvgIpc) is 2.53. The Hall–Kier alpha value is -2.16. The van der Waals surface area contributed by atoms with E-state index in [1.807, 2.05) is 36.4 Å². The van der Waals surface area contributed by atoms with Gasteiger partial charge in [0.1, 0.15) is 0 Å². The molecule has 0 bridgehead atoms. The fraction of sp³-hybridized carbons (Fsp3) is 0.158. The van der Waals surface area contributed by atoms with Crippen LogP contribution in [-0.4, -0.2) is 24.3 Å². The average molecular weight is 277 g/mol. The van der Waals surface area contributed by atoms with Crippen molar-refractivity contribution in [1.29, 1.82) is 0 Å². The van der Waals surface area contributed by atoms with Crippen molar-refractivity contribution < 1.29 is 5.11 Å². The van der Waals surface area contributed by atoms with Crippen LogP contribution in [0.25, 0.3) is 12.2 Å². The third-order valence-electron chi connectivity index (χ3n) is 3.66. The molecule has 0 atom stereocenters. The number of aliphatic hydroxyl groups excluding tert-OH is 1. The summed E-state index contributed by atoms with van der Waals surface area (Å²) in [5, 5.41) is 13.9. The standard InChI is InChI=1S/C19H19NO/c21-19-17(11-15-7-3-1-4-8-15)13-20-14-18(19)12-16-9-5-2-6-10-16/h1-12,19-21H,13-14H2/b17-11-,18-12-. The van der Waals surface area contributed by atoms with Gasteiger partial charge in [0.2, 0.25) is 0 Å². The summed E-state index contributed by atoms with van der Waals surface area (Å²) in [6, 6.07) is 20.2. The molecule has 2 aromatic carbocycles. The monoisotopic (exact) mass is 277 g/mol. The van der Waals surface area contributed by atoms with E-state index in [1.54, 1.807) is 0 Å². The summed E-state index contributed by atoms with van der Waals surface area (Å²) in [6.45, 7) is 1.45. The lowest BCUT2D eigenvalue weighted by Crippen LogP contribution is -2.35. The molecule has 2 heteroatoms. The van der Waals surface area contributed by atoms with E-state index in [9.17, 15) is 5.11 Å². The lowest BCUT2D eigenvalue weighted by Gasteiger charge is -2.25. The quantitative estimate of drug-likeness (QED) is 0.884. The van der Waals surface area contributed by atoms with Gasteiger partial charge in [0, 0.05) is 13.1 Å². The zero-order chi connectivity index (χ0) is 14.5. The maximum absolute atomic E-state index is 10.6. The van der Waals surface area contributed by atoms with Crippen molar-refractivity contribution in [1.82, 2.24) is 5.32 Å². The lowest BCUT2D eigenvalue weighted by molar-refractivity contribution is 0.233. The molecule has 3 rings (SSSR count). The molecular formula is C19H19NO. The van der Waals surface area contributed by atoms with Crippen molar-refractivity contribution in [2.75, 3.05) is 13.1 Å². The van der Waals surface area contributed by atoms with Crippen LogP contribution in [-0.2, 0) is 0 Å². The Morgan fingerprint density at radius 2 is 1.19 bits per heavy atom. The van der Waals surface area contributed by atoms with Crippen molar-refractivity contribution in [3.8, 4) is 0 Å². The number of aliphatic hydroxyl groups is 1. The van der Waals surface area contributed by atoms with Crippen LogP contribution in [0.5, 0.6) is 0 Å². The van der Waals surface area contributed by atoms with Gasteiger partial charge in [-0.2, -0.15) is 0 Å². The minimum absolute atomic E-state index is 0.508. The Balaban J connectivity index is 1.86. The fourth-order valence-electron chi connectivity index (χ4n) is 2.57. The summed E-state index contributed by atoms with van der Waals surface area (Å²) in [5.74, 6) is 0. The molecular weight excluding hydrogens is 258 g/mol. The lowest BCUT2D eigenvalue weighted by atomic mass is 9.94. The summed E-state index contributed by atoms with van der Waals surface area (Å²) >= 11 is 0. The molecule has 1 heterocycles. The molecule has 0 aliphatic carbocycles. The molecule has 21 heavy (non-hydrogen) atoms. The van der Waals surface area contributed by atoms with Gasteiger partial charge < -0.3 is 10.4 Å². The van der Waals surface area contributed by atoms with Crippen LogP contribution in [0.4, 0.5) is 0 Å². The van der Waals surface area contributed by atoms with E-state index in [2.05, 4.69) is 41.7 Å². The van der Waals surface area contributed by atoms with Crippen LogP contribution in [0.3, 0.4) is 0 Å². The van der Waals surface area contributed by atoms with Crippen LogP contribution < -0.4 is 5.32 Å². The van der Waals surface area contributed by atoms with Crippen LogP contribution in [0, 0.1) is 0 Å². The molecule has 0 saturated carbocycles. The van der Waals surface area contributed by atoms with Gasteiger partial charge >= 0.3 is 0 Å². The van der Waals surface area contributed by atoms with Crippen molar-refractivity contribution in [2.45, 2.75) is 6.10 Å². The maximum Gasteiger partial charge on any atom is 0.0992 e. The van der Waals surface area contributed by atoms with Crippen LogP contribution >= 0.6 is 0 Å². The van der Waals surface area contributed by atoms with Crippen molar-refractivity contribution >= 4 is 12.2 Å². The summed E-state index contributed by atoms with van der Waals surface area (Å²) in [7, 11) is 0. The number of piperidine rings is 1. The van der Waals surface area contributed by atoms with E-state index in [0.717, 1.165) is 35.4 Å².